The van der Waals surface area contributed by atoms with Gasteiger partial charge in [0.25, 0.3) is 0 Å². The Kier molecular flexibility index (Phi) is 3.42. The summed E-state index contributed by atoms with van der Waals surface area (Å²) in [4.78, 5) is 3.24. The van der Waals surface area contributed by atoms with Crippen LogP contribution in [0.5, 0.6) is 0 Å². The zero-order valence-electron chi connectivity index (χ0n) is 13.0. The third kappa shape index (κ3) is 2.03. The van der Waals surface area contributed by atoms with Crippen LogP contribution in [0.3, 0.4) is 0 Å². The van der Waals surface area contributed by atoms with Gasteiger partial charge in [0.15, 0.2) is 0 Å². The fraction of sp³-hybridized carbons (Fsp3) is 0.0476. The number of benzene rings is 3. The summed E-state index contributed by atoms with van der Waals surface area (Å²) in [5.41, 5.74) is 13.6. The summed E-state index contributed by atoms with van der Waals surface area (Å²) in [6.45, 7) is 0. The van der Waals surface area contributed by atoms with Crippen molar-refractivity contribution in [3.8, 4) is 0 Å². The molecule has 0 bridgehead atoms. The molecule has 0 aromatic heterocycles. The summed E-state index contributed by atoms with van der Waals surface area (Å²) in [6.07, 6.45) is 4.18. The second kappa shape index (κ2) is 5.73. The lowest BCUT2D eigenvalue weighted by molar-refractivity contribution is 0.645. The van der Waals surface area contributed by atoms with Gasteiger partial charge in [-0.1, -0.05) is 96.1 Å². The monoisotopic (exact) mass is 309 g/mol. The van der Waals surface area contributed by atoms with Gasteiger partial charge in [0.05, 0.1) is 0 Å². The van der Waals surface area contributed by atoms with E-state index in [1.807, 2.05) is 66.7 Å². The molecule has 3 nitrogen and oxygen atoms in total. The third-order valence-electron chi connectivity index (χ3n) is 4.53. The van der Waals surface area contributed by atoms with Gasteiger partial charge in [-0.2, -0.15) is 0 Å². The van der Waals surface area contributed by atoms with E-state index in [1.165, 1.54) is 0 Å². The zero-order chi connectivity index (χ0) is 16.4. The largest absolute Gasteiger partial charge is 0.125 e. The van der Waals surface area contributed by atoms with Crippen LogP contribution < -0.4 is 0 Å². The molecule has 0 N–H and O–H groups in total. The Bertz CT molecular complexity index is 918. The van der Waals surface area contributed by atoms with E-state index in [0.29, 0.717) is 0 Å². The van der Waals surface area contributed by atoms with E-state index >= 15 is 0 Å². The van der Waals surface area contributed by atoms with Crippen molar-refractivity contribution in [3.63, 3.8) is 0 Å². The predicted molar refractivity (Wildman–Crippen MR) is 97.3 cm³/mol. The summed E-state index contributed by atoms with van der Waals surface area (Å²) in [7, 11) is 0. The Morgan fingerprint density at radius 3 is 1.71 bits per heavy atom. The number of nitrogens with zero attached hydrogens (tertiary/aromatic N) is 3. The fourth-order valence-electron chi connectivity index (χ4n) is 3.49. The summed E-state index contributed by atoms with van der Waals surface area (Å²) < 4.78 is 0. The van der Waals surface area contributed by atoms with Crippen molar-refractivity contribution in [1.29, 1.82) is 0 Å². The quantitative estimate of drug-likeness (QED) is 0.328. The molecule has 3 aromatic carbocycles. The van der Waals surface area contributed by atoms with Gasteiger partial charge in [0, 0.05) is 4.91 Å². The molecular formula is C21H15N3. The second-order valence-corrected chi connectivity index (χ2v) is 5.77. The fourth-order valence-corrected chi connectivity index (χ4v) is 3.49. The molecular weight excluding hydrogens is 294 g/mol. The molecule has 0 fully saturated rings. The van der Waals surface area contributed by atoms with Gasteiger partial charge < -0.3 is 0 Å². The minimum absolute atomic E-state index is 0.882. The number of hydrogen-bond donors (Lipinski definition) is 0. The second-order valence-electron chi connectivity index (χ2n) is 5.77. The average Bonchev–Trinajstić information content (AvgIpc) is 2.79. The first-order chi connectivity index (χ1) is 11.9. The maximum absolute atomic E-state index is 9.43. The van der Waals surface area contributed by atoms with Gasteiger partial charge in [0.2, 0.25) is 0 Å². The van der Waals surface area contributed by atoms with E-state index in [-0.39, 0.29) is 0 Å². The molecule has 24 heavy (non-hydrogen) atoms. The van der Waals surface area contributed by atoms with Crippen molar-refractivity contribution in [3.05, 3.63) is 117 Å². The molecule has 0 saturated heterocycles. The van der Waals surface area contributed by atoms with Crippen LogP contribution in [0.2, 0.25) is 0 Å². The number of rotatable bonds is 2. The van der Waals surface area contributed by atoms with E-state index < -0.39 is 5.54 Å². The van der Waals surface area contributed by atoms with Gasteiger partial charge in [-0.3, -0.25) is 0 Å². The van der Waals surface area contributed by atoms with Crippen LogP contribution in [0.4, 0.5) is 0 Å². The number of hydrogen-bond acceptors (Lipinski definition) is 1. The van der Waals surface area contributed by atoms with E-state index in [4.69, 9.17) is 0 Å². The van der Waals surface area contributed by atoms with Crippen molar-refractivity contribution in [2.45, 2.75) is 5.54 Å². The third-order valence-corrected chi connectivity index (χ3v) is 4.53. The minimum Gasteiger partial charge on any atom is -0.0730 e. The van der Waals surface area contributed by atoms with Crippen molar-refractivity contribution in [2.24, 2.45) is 5.11 Å². The first-order valence-electron chi connectivity index (χ1n) is 7.85. The molecule has 0 spiro atoms. The molecule has 0 aliphatic heterocycles. The highest BCUT2D eigenvalue weighted by molar-refractivity contribution is 5.79. The Hall–Kier alpha value is -3.29. The minimum atomic E-state index is -0.882. The molecule has 3 heteroatoms. The van der Waals surface area contributed by atoms with Gasteiger partial charge >= 0.3 is 0 Å². The van der Waals surface area contributed by atoms with E-state index in [0.717, 1.165) is 27.8 Å². The van der Waals surface area contributed by atoms with Crippen molar-refractivity contribution >= 4 is 12.2 Å². The van der Waals surface area contributed by atoms with Gasteiger partial charge in [-0.15, -0.1) is 0 Å². The van der Waals surface area contributed by atoms with E-state index in [2.05, 4.69) is 34.3 Å². The van der Waals surface area contributed by atoms with Crippen LogP contribution in [0, 0.1) is 0 Å². The topological polar surface area (TPSA) is 48.8 Å². The lowest BCUT2D eigenvalue weighted by Crippen LogP contribution is -2.27. The molecule has 0 saturated carbocycles. The van der Waals surface area contributed by atoms with Crippen LogP contribution >= 0.6 is 0 Å². The predicted octanol–water partition coefficient (Wildman–Crippen LogP) is 5.77. The first-order valence-corrected chi connectivity index (χ1v) is 7.85. The van der Waals surface area contributed by atoms with Gasteiger partial charge in [-0.05, 0) is 33.3 Å². The summed E-state index contributed by atoms with van der Waals surface area (Å²) in [5.74, 6) is 0. The molecule has 0 heterocycles. The molecule has 0 amide bonds. The van der Waals surface area contributed by atoms with E-state index in [9.17, 15) is 5.53 Å². The lowest BCUT2D eigenvalue weighted by atomic mass is 9.75. The van der Waals surface area contributed by atoms with Crippen LogP contribution in [-0.4, -0.2) is 0 Å². The Balaban J connectivity index is 2.19. The molecule has 1 aliphatic rings. The Morgan fingerprint density at radius 1 is 0.667 bits per heavy atom. The average molecular weight is 309 g/mol. The number of fused-ring (bicyclic) bond motifs is 2. The molecule has 0 atom stereocenters. The summed E-state index contributed by atoms with van der Waals surface area (Å²) in [5, 5.41) is 4.37. The van der Waals surface area contributed by atoms with Gasteiger partial charge in [-0.25, -0.2) is 0 Å². The maximum Gasteiger partial charge on any atom is 0.125 e. The first kappa shape index (κ1) is 14.3. The van der Waals surface area contributed by atoms with Crippen LogP contribution in [-0.2, 0) is 5.54 Å². The molecule has 0 radical (unpaired) electrons. The van der Waals surface area contributed by atoms with E-state index in [1.54, 1.807) is 0 Å². The summed E-state index contributed by atoms with van der Waals surface area (Å²) >= 11 is 0. The molecule has 1 aliphatic carbocycles. The van der Waals surface area contributed by atoms with Crippen molar-refractivity contribution in [2.75, 3.05) is 0 Å². The highest BCUT2D eigenvalue weighted by Crippen LogP contribution is 2.45. The van der Waals surface area contributed by atoms with Gasteiger partial charge in [0.1, 0.15) is 5.54 Å². The Morgan fingerprint density at radius 2 is 1.17 bits per heavy atom. The molecule has 114 valence electrons. The Labute approximate surface area is 140 Å². The van der Waals surface area contributed by atoms with Crippen molar-refractivity contribution in [1.82, 2.24) is 0 Å². The smallest absolute Gasteiger partial charge is 0.0730 e. The maximum atomic E-state index is 9.43. The molecule has 0 unspecified atom stereocenters. The number of azide groups is 1. The van der Waals surface area contributed by atoms with Crippen molar-refractivity contribution < 1.29 is 0 Å². The van der Waals surface area contributed by atoms with Crippen LogP contribution in [0.25, 0.3) is 22.6 Å². The normalized spacial score (nSPS) is 14.0. The zero-order valence-corrected chi connectivity index (χ0v) is 13.0. The standard InChI is InChI=1S/C21H15N3/c22-24-23-21(18-10-2-1-3-11-18)19-12-6-4-8-16(19)14-15-17-9-5-7-13-20(17)21/h1-15H. The van der Waals surface area contributed by atoms with Crippen LogP contribution in [0.15, 0.2) is 84.0 Å². The summed E-state index contributed by atoms with van der Waals surface area (Å²) in [6, 6.07) is 26.2. The highest BCUT2D eigenvalue weighted by atomic mass is 15.2. The molecule has 3 aromatic rings. The SMILES string of the molecule is [N-]=[N+]=NC1(c2ccccc2)c2ccccc2C=Cc2ccccc21. The molecule has 4 rings (SSSR count). The highest BCUT2D eigenvalue weighted by Gasteiger charge is 2.39. The lowest BCUT2D eigenvalue weighted by Gasteiger charge is -2.32. The van der Waals surface area contributed by atoms with Crippen LogP contribution in [0.1, 0.15) is 27.8 Å².